The molecule has 1 aliphatic heterocycles. The molecule has 0 radical (unpaired) electrons. The minimum absolute atomic E-state index is 0.00928. The van der Waals surface area contributed by atoms with Gasteiger partial charge in [0.05, 0.1) is 0 Å². The first-order chi connectivity index (χ1) is 8.79. The second-order valence-corrected chi connectivity index (χ2v) is 6.28. The Bertz CT molecular complexity index is 410. The Morgan fingerprint density at radius 3 is 2.47 bits per heavy atom. The fourth-order valence-electron chi connectivity index (χ4n) is 2.91. The molecule has 1 fully saturated rings. The van der Waals surface area contributed by atoms with E-state index in [9.17, 15) is 14.7 Å². The summed E-state index contributed by atoms with van der Waals surface area (Å²) in [5, 5.41) is 9.40. The summed E-state index contributed by atoms with van der Waals surface area (Å²) in [6.45, 7) is 5.82. The average molecular weight is 267 g/mol. The predicted octanol–water partition coefficient (Wildman–Crippen LogP) is 2.27. The molecule has 2 unspecified atom stereocenters. The molecule has 1 N–H and O–H groups in total. The van der Waals surface area contributed by atoms with Crippen LogP contribution in [0.5, 0.6) is 0 Å². The van der Waals surface area contributed by atoms with Gasteiger partial charge in [-0.1, -0.05) is 12.2 Å². The number of fused-ring (bicyclic) bond motifs is 1. The second kappa shape index (κ2) is 4.87. The molecule has 2 aliphatic rings. The zero-order chi connectivity index (χ0) is 14.2. The van der Waals surface area contributed by atoms with E-state index in [0.717, 1.165) is 12.8 Å². The number of aliphatic carboxylic acids is 1. The Morgan fingerprint density at radius 1 is 1.26 bits per heavy atom. The van der Waals surface area contributed by atoms with Gasteiger partial charge in [-0.2, -0.15) is 0 Å². The van der Waals surface area contributed by atoms with Crippen LogP contribution in [0, 0.1) is 11.8 Å². The summed E-state index contributed by atoms with van der Waals surface area (Å²) >= 11 is 0. The number of allylic oxidation sites excluding steroid dienone is 2. The van der Waals surface area contributed by atoms with Crippen LogP contribution in [0.15, 0.2) is 12.2 Å². The molecule has 1 amide bonds. The van der Waals surface area contributed by atoms with E-state index in [4.69, 9.17) is 4.74 Å². The molecule has 0 aromatic rings. The van der Waals surface area contributed by atoms with E-state index in [1.54, 1.807) is 20.8 Å². The van der Waals surface area contributed by atoms with Crippen molar-refractivity contribution in [2.45, 2.75) is 45.3 Å². The van der Waals surface area contributed by atoms with Crippen molar-refractivity contribution in [3.8, 4) is 0 Å². The lowest BCUT2D eigenvalue weighted by atomic mass is 9.82. The smallest absolute Gasteiger partial charge is 0.411 e. The molecule has 1 heterocycles. The van der Waals surface area contributed by atoms with Crippen molar-refractivity contribution in [1.29, 1.82) is 0 Å². The Morgan fingerprint density at radius 2 is 1.89 bits per heavy atom. The van der Waals surface area contributed by atoms with E-state index in [2.05, 4.69) is 6.08 Å². The Hall–Kier alpha value is -1.52. The maximum atomic E-state index is 12.1. The molecule has 0 aromatic carbocycles. The number of nitrogens with zero attached hydrogens (tertiary/aromatic N) is 1. The predicted molar refractivity (Wildman–Crippen MR) is 69.7 cm³/mol. The Balaban J connectivity index is 2.16. The lowest BCUT2D eigenvalue weighted by Crippen LogP contribution is -2.45. The van der Waals surface area contributed by atoms with Gasteiger partial charge in [0.2, 0.25) is 0 Å². The highest BCUT2D eigenvalue weighted by Crippen LogP contribution is 2.38. The molecule has 1 aliphatic carbocycles. The highest BCUT2D eigenvalue weighted by atomic mass is 16.6. The first kappa shape index (κ1) is 13.9. The van der Waals surface area contributed by atoms with Crippen molar-refractivity contribution in [3.63, 3.8) is 0 Å². The van der Waals surface area contributed by atoms with E-state index in [1.807, 2.05) is 6.08 Å². The fourth-order valence-corrected chi connectivity index (χ4v) is 2.91. The molecule has 106 valence electrons. The zero-order valence-corrected chi connectivity index (χ0v) is 11.6. The van der Waals surface area contributed by atoms with Crippen LogP contribution in [0.3, 0.4) is 0 Å². The van der Waals surface area contributed by atoms with Crippen molar-refractivity contribution in [3.05, 3.63) is 12.2 Å². The van der Waals surface area contributed by atoms with Gasteiger partial charge in [-0.05, 0) is 45.4 Å². The van der Waals surface area contributed by atoms with Crippen LogP contribution in [-0.4, -0.2) is 40.3 Å². The molecular weight excluding hydrogens is 246 g/mol. The third-order valence-corrected chi connectivity index (χ3v) is 3.67. The zero-order valence-electron chi connectivity index (χ0n) is 11.6. The minimum Gasteiger partial charge on any atom is -0.480 e. The van der Waals surface area contributed by atoms with Crippen LogP contribution in [0.1, 0.15) is 33.6 Å². The van der Waals surface area contributed by atoms with Gasteiger partial charge in [0.1, 0.15) is 11.6 Å². The standard InChI is InChI=1S/C14H21NO4/c1-14(2,3)19-13(18)15-8-9-6-4-5-7-10(9)11(15)12(16)17/h4-5,9-11H,6-8H2,1-3H3,(H,16,17)/t9?,10?,11-/m0/s1. The van der Waals surface area contributed by atoms with Crippen molar-refractivity contribution in [2.75, 3.05) is 6.54 Å². The molecular formula is C14H21NO4. The van der Waals surface area contributed by atoms with Gasteiger partial charge in [-0.3, -0.25) is 4.90 Å². The largest absolute Gasteiger partial charge is 0.480 e. The van der Waals surface area contributed by atoms with Crippen molar-refractivity contribution >= 4 is 12.1 Å². The molecule has 0 aromatic heterocycles. The molecule has 0 spiro atoms. The number of carbonyl (C=O) groups excluding carboxylic acids is 1. The summed E-state index contributed by atoms with van der Waals surface area (Å²) < 4.78 is 5.31. The number of carboxylic acids is 1. The first-order valence-corrected chi connectivity index (χ1v) is 6.67. The molecule has 2 rings (SSSR count). The van der Waals surface area contributed by atoms with E-state index in [1.165, 1.54) is 4.90 Å². The summed E-state index contributed by atoms with van der Waals surface area (Å²) in [5.74, 6) is -0.692. The van der Waals surface area contributed by atoms with Crippen LogP contribution in [-0.2, 0) is 9.53 Å². The van der Waals surface area contributed by atoms with Crippen molar-refractivity contribution < 1.29 is 19.4 Å². The highest BCUT2D eigenvalue weighted by molar-refractivity contribution is 5.81. The lowest BCUT2D eigenvalue weighted by molar-refractivity contribution is -0.143. The number of ether oxygens (including phenoxy) is 1. The van der Waals surface area contributed by atoms with Gasteiger partial charge in [0, 0.05) is 6.54 Å². The van der Waals surface area contributed by atoms with Gasteiger partial charge in [-0.25, -0.2) is 9.59 Å². The maximum Gasteiger partial charge on any atom is 0.411 e. The molecule has 0 bridgehead atoms. The van der Waals surface area contributed by atoms with Crippen LogP contribution in [0.4, 0.5) is 4.79 Å². The quantitative estimate of drug-likeness (QED) is 0.740. The van der Waals surface area contributed by atoms with E-state index in [-0.39, 0.29) is 11.8 Å². The third-order valence-electron chi connectivity index (χ3n) is 3.67. The minimum atomic E-state index is -0.936. The normalized spacial score (nSPS) is 30.1. The second-order valence-electron chi connectivity index (χ2n) is 6.28. The molecule has 0 saturated carbocycles. The topological polar surface area (TPSA) is 66.8 Å². The number of hydrogen-bond donors (Lipinski definition) is 1. The number of hydrogen-bond acceptors (Lipinski definition) is 3. The molecule has 19 heavy (non-hydrogen) atoms. The number of amides is 1. The number of carbonyl (C=O) groups is 2. The fraction of sp³-hybridized carbons (Fsp3) is 0.714. The summed E-state index contributed by atoms with van der Waals surface area (Å²) in [4.78, 5) is 25.0. The van der Waals surface area contributed by atoms with Crippen LogP contribution >= 0.6 is 0 Å². The molecule has 3 atom stereocenters. The summed E-state index contributed by atoms with van der Waals surface area (Å²) in [5.41, 5.74) is -0.605. The molecule has 1 saturated heterocycles. The van der Waals surface area contributed by atoms with Crippen LogP contribution < -0.4 is 0 Å². The highest BCUT2D eigenvalue weighted by Gasteiger charge is 2.48. The third kappa shape index (κ3) is 2.91. The molecule has 5 nitrogen and oxygen atoms in total. The van der Waals surface area contributed by atoms with Crippen molar-refractivity contribution in [2.24, 2.45) is 11.8 Å². The Kier molecular flexibility index (Phi) is 3.56. The van der Waals surface area contributed by atoms with Crippen LogP contribution in [0.2, 0.25) is 0 Å². The average Bonchev–Trinajstić information content (AvgIpc) is 2.65. The van der Waals surface area contributed by atoms with E-state index >= 15 is 0 Å². The van der Waals surface area contributed by atoms with E-state index < -0.39 is 23.7 Å². The lowest BCUT2D eigenvalue weighted by Gasteiger charge is -2.28. The summed E-state index contributed by atoms with van der Waals surface area (Å²) in [6.07, 6.45) is 5.12. The summed E-state index contributed by atoms with van der Waals surface area (Å²) in [7, 11) is 0. The van der Waals surface area contributed by atoms with Gasteiger partial charge in [-0.15, -0.1) is 0 Å². The van der Waals surface area contributed by atoms with Gasteiger partial charge >= 0.3 is 12.1 Å². The van der Waals surface area contributed by atoms with Crippen molar-refractivity contribution in [1.82, 2.24) is 4.90 Å². The monoisotopic (exact) mass is 267 g/mol. The molecule has 5 heteroatoms. The van der Waals surface area contributed by atoms with Crippen LogP contribution in [0.25, 0.3) is 0 Å². The van der Waals surface area contributed by atoms with Gasteiger partial charge < -0.3 is 9.84 Å². The van der Waals surface area contributed by atoms with Gasteiger partial charge in [0.25, 0.3) is 0 Å². The maximum absolute atomic E-state index is 12.1. The van der Waals surface area contributed by atoms with E-state index in [0.29, 0.717) is 6.54 Å². The summed E-state index contributed by atoms with van der Waals surface area (Å²) in [6, 6.07) is -0.759. The number of carboxylic acid groups (broad SMARTS) is 1. The number of rotatable bonds is 1. The first-order valence-electron chi connectivity index (χ1n) is 6.67. The SMILES string of the molecule is CC(C)(C)OC(=O)N1CC2CC=CCC2[C@H]1C(=O)O. The number of likely N-dealkylation sites (tertiary alicyclic amines) is 1. The Labute approximate surface area is 113 Å². The van der Waals surface area contributed by atoms with Gasteiger partial charge in [0.15, 0.2) is 0 Å².